The third-order valence-electron chi connectivity index (χ3n) is 2.53. The van der Waals surface area contributed by atoms with Crippen LogP contribution in [0.2, 0.25) is 0 Å². The Morgan fingerprint density at radius 1 is 1.22 bits per heavy atom. The lowest BCUT2D eigenvalue weighted by atomic mass is 10.3. The van der Waals surface area contributed by atoms with Gasteiger partial charge in [0.2, 0.25) is 0 Å². The smallest absolute Gasteiger partial charge is 0.0767 e. The van der Waals surface area contributed by atoms with Crippen molar-refractivity contribution in [1.82, 2.24) is 9.97 Å². The van der Waals surface area contributed by atoms with Gasteiger partial charge in [-0.1, -0.05) is 0 Å². The summed E-state index contributed by atoms with van der Waals surface area (Å²) in [6, 6.07) is 5.96. The first-order valence-electron chi connectivity index (χ1n) is 5.62. The zero-order chi connectivity index (χ0) is 13.0. The number of aromatic nitrogens is 2. The molecule has 5 heteroatoms. The molecule has 0 atom stereocenters. The van der Waals surface area contributed by atoms with E-state index >= 15 is 0 Å². The van der Waals surface area contributed by atoms with Crippen molar-refractivity contribution in [3.05, 3.63) is 47.0 Å². The van der Waals surface area contributed by atoms with Gasteiger partial charge in [-0.05, 0) is 34.1 Å². The largest absolute Gasteiger partial charge is 0.376 e. The summed E-state index contributed by atoms with van der Waals surface area (Å²) in [7, 11) is 4.02. The Morgan fingerprint density at radius 2 is 2.06 bits per heavy atom. The van der Waals surface area contributed by atoms with Crippen LogP contribution in [0.3, 0.4) is 0 Å². The Kier molecular flexibility index (Phi) is 4.15. The maximum Gasteiger partial charge on any atom is 0.0767 e. The molecule has 0 aliphatic heterocycles. The van der Waals surface area contributed by atoms with Gasteiger partial charge in [-0.3, -0.25) is 9.97 Å². The van der Waals surface area contributed by atoms with Crippen molar-refractivity contribution in [3.63, 3.8) is 0 Å². The topological polar surface area (TPSA) is 41.1 Å². The highest BCUT2D eigenvalue weighted by molar-refractivity contribution is 9.10. The maximum atomic E-state index is 4.32. The summed E-state index contributed by atoms with van der Waals surface area (Å²) in [6.07, 6.45) is 5.42. The Balaban J connectivity index is 2.08. The first-order valence-corrected chi connectivity index (χ1v) is 6.42. The maximum absolute atomic E-state index is 4.32. The van der Waals surface area contributed by atoms with E-state index in [0.717, 1.165) is 21.5 Å². The van der Waals surface area contributed by atoms with Gasteiger partial charge in [0.25, 0.3) is 0 Å². The van der Waals surface area contributed by atoms with Gasteiger partial charge in [0, 0.05) is 31.0 Å². The van der Waals surface area contributed by atoms with Gasteiger partial charge in [0.1, 0.15) is 0 Å². The van der Waals surface area contributed by atoms with Crippen molar-refractivity contribution in [2.45, 2.75) is 6.54 Å². The summed E-state index contributed by atoms with van der Waals surface area (Å²) >= 11 is 3.37. The zero-order valence-electron chi connectivity index (χ0n) is 10.4. The predicted molar refractivity (Wildman–Crippen MR) is 77.8 cm³/mol. The molecule has 18 heavy (non-hydrogen) atoms. The van der Waals surface area contributed by atoms with Crippen LogP contribution in [0.5, 0.6) is 0 Å². The molecule has 0 amide bonds. The van der Waals surface area contributed by atoms with E-state index in [0.29, 0.717) is 6.54 Å². The molecule has 0 saturated carbocycles. The van der Waals surface area contributed by atoms with Crippen LogP contribution in [-0.2, 0) is 6.54 Å². The lowest BCUT2D eigenvalue weighted by Gasteiger charge is -2.17. The van der Waals surface area contributed by atoms with Crippen LogP contribution >= 0.6 is 15.9 Å². The fourth-order valence-electron chi connectivity index (χ4n) is 1.61. The molecule has 0 radical (unpaired) electrons. The molecular weight excluding hydrogens is 292 g/mol. The molecule has 2 heterocycles. The Morgan fingerprint density at radius 3 is 2.72 bits per heavy atom. The van der Waals surface area contributed by atoms with E-state index in [4.69, 9.17) is 0 Å². The van der Waals surface area contributed by atoms with Gasteiger partial charge in [-0.2, -0.15) is 0 Å². The first kappa shape index (κ1) is 12.8. The van der Waals surface area contributed by atoms with Crippen LogP contribution in [0, 0.1) is 0 Å². The molecule has 0 aromatic carbocycles. The second-order valence-corrected chi connectivity index (χ2v) is 5.02. The summed E-state index contributed by atoms with van der Waals surface area (Å²) in [4.78, 5) is 10.5. The Labute approximate surface area is 115 Å². The summed E-state index contributed by atoms with van der Waals surface area (Å²) < 4.78 is 0.988. The molecule has 0 unspecified atom stereocenters. The van der Waals surface area contributed by atoms with E-state index in [1.54, 1.807) is 12.4 Å². The number of hydrogen-bond acceptors (Lipinski definition) is 4. The molecule has 0 spiro atoms. The minimum absolute atomic E-state index is 0.680. The molecule has 0 aliphatic carbocycles. The monoisotopic (exact) mass is 306 g/mol. The van der Waals surface area contributed by atoms with Crippen LogP contribution in [0.1, 0.15) is 5.69 Å². The fraction of sp³-hybridized carbons (Fsp3) is 0.231. The highest BCUT2D eigenvalue weighted by Gasteiger charge is 2.04. The van der Waals surface area contributed by atoms with Gasteiger partial charge in [-0.15, -0.1) is 0 Å². The second-order valence-electron chi connectivity index (χ2n) is 4.11. The predicted octanol–water partition coefficient (Wildman–Crippen LogP) is 2.92. The van der Waals surface area contributed by atoms with Crippen molar-refractivity contribution >= 4 is 27.3 Å². The van der Waals surface area contributed by atoms with Gasteiger partial charge >= 0.3 is 0 Å². The number of nitrogens with one attached hydrogen (secondary N) is 1. The molecular formula is C13H15BrN4. The Hall–Kier alpha value is -1.62. The minimum atomic E-state index is 0.680. The van der Waals surface area contributed by atoms with Crippen molar-refractivity contribution in [2.24, 2.45) is 0 Å². The average molecular weight is 307 g/mol. The van der Waals surface area contributed by atoms with Crippen LogP contribution in [0.4, 0.5) is 11.4 Å². The van der Waals surface area contributed by atoms with Gasteiger partial charge in [0.05, 0.1) is 29.8 Å². The number of rotatable bonds is 4. The highest BCUT2D eigenvalue weighted by atomic mass is 79.9. The SMILES string of the molecule is CN(C)c1ccncc1NCc1ccc(Br)cn1. The van der Waals surface area contributed by atoms with E-state index in [9.17, 15) is 0 Å². The molecule has 0 bridgehead atoms. The summed E-state index contributed by atoms with van der Waals surface area (Å²) in [5, 5.41) is 3.35. The highest BCUT2D eigenvalue weighted by Crippen LogP contribution is 2.22. The lowest BCUT2D eigenvalue weighted by Crippen LogP contribution is -2.12. The van der Waals surface area contributed by atoms with Crippen LogP contribution < -0.4 is 10.2 Å². The first-order chi connectivity index (χ1) is 8.66. The fourth-order valence-corrected chi connectivity index (χ4v) is 1.84. The Bertz CT molecular complexity index is 511. The van der Waals surface area contributed by atoms with E-state index < -0.39 is 0 Å². The third-order valence-corrected chi connectivity index (χ3v) is 3.00. The van der Waals surface area contributed by atoms with Crippen molar-refractivity contribution in [2.75, 3.05) is 24.3 Å². The molecule has 2 rings (SSSR count). The second kappa shape index (κ2) is 5.82. The van der Waals surface area contributed by atoms with Gasteiger partial charge in [0.15, 0.2) is 0 Å². The molecule has 0 saturated heterocycles. The molecule has 4 nitrogen and oxygen atoms in total. The van der Waals surface area contributed by atoms with E-state index in [-0.39, 0.29) is 0 Å². The summed E-state index contributed by atoms with van der Waals surface area (Å²) in [5.41, 5.74) is 3.11. The molecule has 1 N–H and O–H groups in total. The lowest BCUT2D eigenvalue weighted by molar-refractivity contribution is 1.03. The standard InChI is InChI=1S/C13H15BrN4/c1-18(2)13-5-6-15-9-12(13)17-8-11-4-3-10(14)7-16-11/h3-7,9,17H,8H2,1-2H3. The van der Waals surface area contributed by atoms with Crippen LogP contribution in [-0.4, -0.2) is 24.1 Å². The van der Waals surface area contributed by atoms with E-state index in [1.807, 2.05) is 38.5 Å². The number of anilines is 2. The van der Waals surface area contributed by atoms with E-state index in [2.05, 4.69) is 36.1 Å². The minimum Gasteiger partial charge on any atom is -0.376 e. The summed E-state index contributed by atoms with van der Waals surface area (Å²) in [6.45, 7) is 0.680. The van der Waals surface area contributed by atoms with Crippen LogP contribution in [0.15, 0.2) is 41.3 Å². The number of halogens is 1. The van der Waals surface area contributed by atoms with Crippen LogP contribution in [0.25, 0.3) is 0 Å². The molecule has 0 fully saturated rings. The molecule has 94 valence electrons. The third kappa shape index (κ3) is 3.20. The quantitative estimate of drug-likeness (QED) is 0.943. The van der Waals surface area contributed by atoms with E-state index in [1.165, 1.54) is 0 Å². The molecule has 0 aliphatic rings. The number of hydrogen-bond donors (Lipinski definition) is 1. The summed E-state index contributed by atoms with van der Waals surface area (Å²) in [5.74, 6) is 0. The zero-order valence-corrected chi connectivity index (χ0v) is 12.0. The molecule has 2 aromatic heterocycles. The number of pyridine rings is 2. The normalized spacial score (nSPS) is 10.2. The molecule has 2 aromatic rings. The van der Waals surface area contributed by atoms with Crippen molar-refractivity contribution in [3.8, 4) is 0 Å². The van der Waals surface area contributed by atoms with Gasteiger partial charge in [-0.25, -0.2) is 0 Å². The average Bonchev–Trinajstić information content (AvgIpc) is 2.38. The number of nitrogens with zero attached hydrogens (tertiary/aromatic N) is 3. The van der Waals surface area contributed by atoms with Crippen molar-refractivity contribution in [1.29, 1.82) is 0 Å². The van der Waals surface area contributed by atoms with Gasteiger partial charge < -0.3 is 10.2 Å². The van der Waals surface area contributed by atoms with Crippen molar-refractivity contribution < 1.29 is 0 Å².